The molecule has 2 atom stereocenters. The lowest BCUT2D eigenvalue weighted by molar-refractivity contribution is 0.217. The highest BCUT2D eigenvalue weighted by atomic mass is 15.1. The van der Waals surface area contributed by atoms with E-state index in [1.807, 2.05) is 0 Å². The highest BCUT2D eigenvalue weighted by molar-refractivity contribution is 4.75. The Labute approximate surface area is 122 Å². The quantitative estimate of drug-likeness (QED) is 0.694. The molecule has 1 heterocycles. The molecular formula is C17H38N2. The summed E-state index contributed by atoms with van der Waals surface area (Å²) in [5.74, 6) is 0.903. The average molecular weight is 271 g/mol. The Bertz CT molecular complexity index is 184. The maximum absolute atomic E-state index is 3.37. The van der Waals surface area contributed by atoms with E-state index in [1.54, 1.807) is 0 Å². The first-order valence-electron chi connectivity index (χ1n) is 8.50. The number of nitrogens with one attached hydrogen (secondary N) is 1. The highest BCUT2D eigenvalue weighted by Crippen LogP contribution is 2.12. The van der Waals surface area contributed by atoms with Gasteiger partial charge < -0.3 is 10.2 Å². The summed E-state index contributed by atoms with van der Waals surface area (Å²) in [6.07, 6.45) is 6.73. The highest BCUT2D eigenvalue weighted by Gasteiger charge is 2.16. The van der Waals surface area contributed by atoms with Crippen molar-refractivity contribution in [2.75, 3.05) is 19.6 Å². The Morgan fingerprint density at radius 2 is 1.74 bits per heavy atom. The molecule has 2 heteroatoms. The van der Waals surface area contributed by atoms with Crippen molar-refractivity contribution in [3.8, 4) is 0 Å². The van der Waals surface area contributed by atoms with Gasteiger partial charge in [0.05, 0.1) is 0 Å². The van der Waals surface area contributed by atoms with Gasteiger partial charge >= 0.3 is 0 Å². The average Bonchev–Trinajstić information content (AvgIpc) is 2.73. The lowest BCUT2D eigenvalue weighted by atomic mass is 10.1. The van der Waals surface area contributed by atoms with Crippen molar-refractivity contribution in [2.24, 2.45) is 5.92 Å². The number of hydrogen-bond donors (Lipinski definition) is 1. The zero-order valence-corrected chi connectivity index (χ0v) is 14.3. The lowest BCUT2D eigenvalue weighted by Gasteiger charge is -2.25. The molecule has 0 aliphatic carbocycles. The fraction of sp³-hybridized carbons (Fsp3) is 1.00. The Kier molecular flexibility index (Phi) is 11.7. The van der Waals surface area contributed by atoms with Gasteiger partial charge in [-0.1, -0.05) is 33.6 Å². The molecule has 116 valence electrons. The zero-order valence-electron chi connectivity index (χ0n) is 14.3. The monoisotopic (exact) mass is 270 g/mol. The summed E-state index contributed by atoms with van der Waals surface area (Å²) in [4.78, 5) is 2.58. The first-order chi connectivity index (χ1) is 9.02. The van der Waals surface area contributed by atoms with Crippen LogP contribution in [0.3, 0.4) is 0 Å². The van der Waals surface area contributed by atoms with E-state index in [9.17, 15) is 0 Å². The molecule has 0 radical (unpaired) electrons. The maximum atomic E-state index is 3.37. The molecule has 1 rings (SSSR count). The van der Waals surface area contributed by atoms with Crippen LogP contribution >= 0.6 is 0 Å². The van der Waals surface area contributed by atoms with E-state index in [4.69, 9.17) is 0 Å². The molecule has 1 aliphatic heterocycles. The van der Waals surface area contributed by atoms with E-state index >= 15 is 0 Å². The van der Waals surface area contributed by atoms with Crippen LogP contribution in [0, 0.1) is 5.92 Å². The second kappa shape index (κ2) is 11.7. The summed E-state index contributed by atoms with van der Waals surface area (Å²) in [6, 6.07) is 1.49. The van der Waals surface area contributed by atoms with E-state index < -0.39 is 0 Å². The van der Waals surface area contributed by atoms with E-state index in [0.29, 0.717) is 0 Å². The smallest absolute Gasteiger partial charge is 0.00648 e. The van der Waals surface area contributed by atoms with Gasteiger partial charge in [-0.2, -0.15) is 0 Å². The van der Waals surface area contributed by atoms with Gasteiger partial charge in [-0.3, -0.25) is 0 Å². The summed E-state index contributed by atoms with van der Waals surface area (Å²) in [5, 5.41) is 3.37. The van der Waals surface area contributed by atoms with E-state index in [1.165, 1.54) is 51.7 Å². The van der Waals surface area contributed by atoms with Crippen LogP contribution in [0.1, 0.15) is 73.6 Å². The molecule has 0 aromatic carbocycles. The van der Waals surface area contributed by atoms with Gasteiger partial charge in [0.2, 0.25) is 0 Å². The van der Waals surface area contributed by atoms with Crippen molar-refractivity contribution in [1.82, 2.24) is 10.2 Å². The maximum Gasteiger partial charge on any atom is 0.00648 e. The Morgan fingerprint density at radius 3 is 2.05 bits per heavy atom. The molecule has 0 spiro atoms. The van der Waals surface area contributed by atoms with Crippen molar-refractivity contribution in [1.29, 1.82) is 0 Å². The second-order valence-electron chi connectivity index (χ2n) is 6.35. The summed E-state index contributed by atoms with van der Waals surface area (Å²) >= 11 is 0. The predicted octanol–water partition coefficient (Wildman–Crippen LogP) is 4.30. The van der Waals surface area contributed by atoms with Gasteiger partial charge in [-0.25, -0.2) is 0 Å². The Morgan fingerprint density at radius 1 is 1.05 bits per heavy atom. The normalized spacial score (nSPS) is 22.7. The standard InChI is InChI=1S/C11H25N.C6H13N/c1-5-7-8-10-12(9-6-2)11(3)4;1-5-3-4-7-6(5)2/h11H,5-10H2,1-4H3;5-7H,3-4H2,1-2H3. The second-order valence-corrected chi connectivity index (χ2v) is 6.35. The third-order valence-corrected chi connectivity index (χ3v) is 4.21. The molecular weight excluding hydrogens is 232 g/mol. The van der Waals surface area contributed by atoms with Crippen molar-refractivity contribution in [3.05, 3.63) is 0 Å². The van der Waals surface area contributed by atoms with E-state index in [0.717, 1.165) is 18.0 Å². The van der Waals surface area contributed by atoms with Gasteiger partial charge in [0.1, 0.15) is 0 Å². The third-order valence-electron chi connectivity index (χ3n) is 4.21. The molecule has 0 saturated carbocycles. The van der Waals surface area contributed by atoms with Gasteiger partial charge in [0.25, 0.3) is 0 Å². The summed E-state index contributed by atoms with van der Waals surface area (Å²) in [6.45, 7) is 17.4. The summed E-state index contributed by atoms with van der Waals surface area (Å²) in [5.41, 5.74) is 0. The topological polar surface area (TPSA) is 15.3 Å². The van der Waals surface area contributed by atoms with Crippen LogP contribution < -0.4 is 5.32 Å². The van der Waals surface area contributed by atoms with Crippen molar-refractivity contribution in [3.63, 3.8) is 0 Å². The molecule has 0 aromatic heterocycles. The Balaban J connectivity index is 0.000000388. The van der Waals surface area contributed by atoms with Crippen molar-refractivity contribution in [2.45, 2.75) is 85.7 Å². The van der Waals surface area contributed by atoms with Crippen LogP contribution in [-0.4, -0.2) is 36.6 Å². The van der Waals surface area contributed by atoms with Crippen LogP contribution in [0.15, 0.2) is 0 Å². The van der Waals surface area contributed by atoms with Crippen LogP contribution in [0.2, 0.25) is 0 Å². The first-order valence-corrected chi connectivity index (χ1v) is 8.50. The number of nitrogens with zero attached hydrogens (tertiary/aromatic N) is 1. The van der Waals surface area contributed by atoms with Gasteiger partial charge in [-0.15, -0.1) is 0 Å². The minimum Gasteiger partial charge on any atom is -0.314 e. The Hall–Kier alpha value is -0.0800. The molecule has 1 fully saturated rings. The van der Waals surface area contributed by atoms with Crippen molar-refractivity contribution >= 4 is 0 Å². The lowest BCUT2D eigenvalue weighted by Crippen LogP contribution is -2.32. The third kappa shape index (κ3) is 9.45. The fourth-order valence-corrected chi connectivity index (χ4v) is 2.47. The zero-order chi connectivity index (χ0) is 14.7. The van der Waals surface area contributed by atoms with Gasteiger partial charge in [-0.05, 0) is 65.6 Å². The van der Waals surface area contributed by atoms with Crippen LogP contribution in [0.5, 0.6) is 0 Å². The van der Waals surface area contributed by atoms with Gasteiger partial charge in [0, 0.05) is 12.1 Å². The molecule has 0 aromatic rings. The molecule has 2 unspecified atom stereocenters. The molecule has 19 heavy (non-hydrogen) atoms. The van der Waals surface area contributed by atoms with Crippen LogP contribution in [-0.2, 0) is 0 Å². The van der Waals surface area contributed by atoms with E-state index in [2.05, 4.69) is 51.8 Å². The largest absolute Gasteiger partial charge is 0.314 e. The number of unbranched alkanes of at least 4 members (excludes halogenated alkanes) is 2. The molecule has 1 saturated heterocycles. The molecule has 2 nitrogen and oxygen atoms in total. The first kappa shape index (κ1) is 18.9. The molecule has 0 bridgehead atoms. The van der Waals surface area contributed by atoms with Crippen LogP contribution in [0.4, 0.5) is 0 Å². The van der Waals surface area contributed by atoms with Crippen molar-refractivity contribution < 1.29 is 0 Å². The molecule has 0 amide bonds. The van der Waals surface area contributed by atoms with E-state index in [-0.39, 0.29) is 0 Å². The minimum atomic E-state index is 0.724. The number of hydrogen-bond acceptors (Lipinski definition) is 2. The fourth-order valence-electron chi connectivity index (χ4n) is 2.47. The summed E-state index contributed by atoms with van der Waals surface area (Å²) in [7, 11) is 0. The molecule has 1 aliphatic rings. The summed E-state index contributed by atoms with van der Waals surface area (Å²) < 4.78 is 0. The number of rotatable bonds is 7. The van der Waals surface area contributed by atoms with Gasteiger partial charge in [0.15, 0.2) is 0 Å². The molecule has 1 N–H and O–H groups in total. The SMILES string of the molecule is CC1CCNC1C.CCCCCN(CCC)C(C)C. The van der Waals surface area contributed by atoms with Crippen LogP contribution in [0.25, 0.3) is 0 Å². The minimum absolute atomic E-state index is 0.724. The predicted molar refractivity (Wildman–Crippen MR) is 87.8 cm³/mol.